The maximum atomic E-state index is 12.1. The lowest BCUT2D eigenvalue weighted by atomic mass is 10.2. The molecule has 1 aliphatic rings. The van der Waals surface area contributed by atoms with Crippen LogP contribution in [0.1, 0.15) is 31.1 Å². The van der Waals surface area contributed by atoms with Gasteiger partial charge in [0.25, 0.3) is 0 Å². The maximum Gasteiger partial charge on any atom is 0.234 e. The van der Waals surface area contributed by atoms with Crippen LogP contribution in [-0.2, 0) is 24.9 Å². The Labute approximate surface area is 184 Å². The van der Waals surface area contributed by atoms with Crippen molar-refractivity contribution in [2.75, 3.05) is 32.7 Å². The first-order chi connectivity index (χ1) is 14.9. The third kappa shape index (κ3) is 6.78. The summed E-state index contributed by atoms with van der Waals surface area (Å²) in [6, 6.07) is 10.4. The van der Waals surface area contributed by atoms with Crippen LogP contribution in [0.4, 0.5) is 0 Å². The molecule has 2 N–H and O–H groups in total. The SMILES string of the molecule is Cc1nnc(CNC(=NCc2ccccc2)N2CCN(CC(=O)NC(C)C)CC2)n1C. The molecule has 1 amide bonds. The molecule has 3 rings (SSSR count). The van der Waals surface area contributed by atoms with Gasteiger partial charge in [-0.15, -0.1) is 10.2 Å². The summed E-state index contributed by atoms with van der Waals surface area (Å²) in [6.45, 7) is 10.8. The van der Waals surface area contributed by atoms with Gasteiger partial charge in [-0.1, -0.05) is 30.3 Å². The number of aliphatic imine (C=N–C) groups is 1. The molecule has 0 radical (unpaired) electrons. The molecule has 0 unspecified atom stereocenters. The molecule has 0 saturated carbocycles. The molecule has 1 aromatic carbocycles. The van der Waals surface area contributed by atoms with E-state index >= 15 is 0 Å². The van der Waals surface area contributed by atoms with Crippen molar-refractivity contribution in [1.29, 1.82) is 0 Å². The summed E-state index contributed by atoms with van der Waals surface area (Å²) in [7, 11) is 1.97. The van der Waals surface area contributed by atoms with E-state index in [1.165, 1.54) is 5.56 Å². The zero-order valence-electron chi connectivity index (χ0n) is 19.0. The molecular weight excluding hydrogens is 392 g/mol. The summed E-state index contributed by atoms with van der Waals surface area (Å²) in [5.74, 6) is 2.69. The number of carbonyl (C=O) groups excluding carboxylic acids is 1. The summed E-state index contributed by atoms with van der Waals surface area (Å²) in [6.07, 6.45) is 0. The van der Waals surface area contributed by atoms with Crippen LogP contribution in [0.25, 0.3) is 0 Å². The molecule has 0 bridgehead atoms. The molecule has 1 saturated heterocycles. The molecule has 1 aromatic heterocycles. The smallest absolute Gasteiger partial charge is 0.234 e. The first-order valence-electron chi connectivity index (χ1n) is 10.9. The standard InChI is InChI=1S/C22H34N8O/c1-17(2)25-21(31)16-29-10-12-30(13-11-29)22(23-14-19-8-6-5-7-9-19)24-15-20-27-26-18(3)28(20)4/h5-9,17H,10-16H2,1-4H3,(H,23,24)(H,25,31). The highest BCUT2D eigenvalue weighted by molar-refractivity contribution is 5.80. The average molecular weight is 427 g/mol. The largest absolute Gasteiger partial charge is 0.353 e. The first kappa shape index (κ1) is 22.7. The minimum Gasteiger partial charge on any atom is -0.353 e. The lowest BCUT2D eigenvalue weighted by Crippen LogP contribution is -2.54. The molecule has 0 spiro atoms. The third-order valence-electron chi connectivity index (χ3n) is 5.33. The van der Waals surface area contributed by atoms with Crippen molar-refractivity contribution in [3.05, 3.63) is 47.5 Å². The van der Waals surface area contributed by atoms with Crippen LogP contribution in [0, 0.1) is 6.92 Å². The number of aromatic nitrogens is 3. The minimum absolute atomic E-state index is 0.0807. The normalized spacial score (nSPS) is 15.4. The van der Waals surface area contributed by atoms with Crippen LogP contribution in [0.2, 0.25) is 0 Å². The van der Waals surface area contributed by atoms with E-state index in [0.29, 0.717) is 19.6 Å². The van der Waals surface area contributed by atoms with Crippen molar-refractivity contribution in [2.45, 2.75) is 39.9 Å². The predicted octanol–water partition coefficient (Wildman–Crippen LogP) is 0.912. The molecule has 1 aliphatic heterocycles. The van der Waals surface area contributed by atoms with Crippen LogP contribution in [-0.4, -0.2) is 75.2 Å². The van der Waals surface area contributed by atoms with Gasteiger partial charge in [-0.05, 0) is 26.3 Å². The van der Waals surface area contributed by atoms with Crippen molar-refractivity contribution in [1.82, 2.24) is 35.2 Å². The quantitative estimate of drug-likeness (QED) is 0.505. The van der Waals surface area contributed by atoms with Gasteiger partial charge in [-0.2, -0.15) is 0 Å². The van der Waals surface area contributed by atoms with Gasteiger partial charge in [0.1, 0.15) is 5.82 Å². The Balaban J connectivity index is 1.62. The molecular formula is C22H34N8O. The van der Waals surface area contributed by atoms with E-state index in [2.05, 4.69) is 42.8 Å². The van der Waals surface area contributed by atoms with E-state index in [4.69, 9.17) is 4.99 Å². The number of rotatable bonds is 7. The zero-order valence-corrected chi connectivity index (χ0v) is 19.0. The van der Waals surface area contributed by atoms with Gasteiger partial charge in [0.05, 0.1) is 19.6 Å². The third-order valence-corrected chi connectivity index (χ3v) is 5.33. The maximum absolute atomic E-state index is 12.1. The Morgan fingerprint density at radius 2 is 1.84 bits per heavy atom. The van der Waals surface area contributed by atoms with E-state index < -0.39 is 0 Å². The Morgan fingerprint density at radius 1 is 1.13 bits per heavy atom. The molecule has 9 heteroatoms. The zero-order chi connectivity index (χ0) is 22.2. The number of piperazine rings is 1. The fourth-order valence-corrected chi connectivity index (χ4v) is 3.47. The van der Waals surface area contributed by atoms with Gasteiger partial charge in [-0.25, -0.2) is 4.99 Å². The summed E-state index contributed by atoms with van der Waals surface area (Å²) in [4.78, 5) is 21.4. The fourth-order valence-electron chi connectivity index (χ4n) is 3.47. The lowest BCUT2D eigenvalue weighted by Gasteiger charge is -2.36. The molecule has 0 aliphatic carbocycles. The highest BCUT2D eigenvalue weighted by Gasteiger charge is 2.22. The summed E-state index contributed by atoms with van der Waals surface area (Å²) < 4.78 is 1.98. The van der Waals surface area contributed by atoms with Gasteiger partial charge in [0.2, 0.25) is 5.91 Å². The van der Waals surface area contributed by atoms with Crippen molar-refractivity contribution < 1.29 is 4.79 Å². The van der Waals surface area contributed by atoms with E-state index in [1.54, 1.807) is 0 Å². The second kappa shape index (κ2) is 10.9. The van der Waals surface area contributed by atoms with E-state index in [1.807, 2.05) is 50.6 Å². The minimum atomic E-state index is 0.0807. The second-order valence-electron chi connectivity index (χ2n) is 8.19. The van der Waals surface area contributed by atoms with Gasteiger partial charge in [-0.3, -0.25) is 9.69 Å². The monoisotopic (exact) mass is 426 g/mol. The number of benzene rings is 1. The number of aryl methyl sites for hydroxylation is 1. The number of nitrogens with one attached hydrogen (secondary N) is 2. The van der Waals surface area contributed by atoms with Crippen LogP contribution < -0.4 is 10.6 Å². The Bertz CT molecular complexity index is 869. The number of amides is 1. The predicted molar refractivity (Wildman–Crippen MR) is 121 cm³/mol. The number of nitrogens with zero attached hydrogens (tertiary/aromatic N) is 6. The van der Waals surface area contributed by atoms with E-state index in [-0.39, 0.29) is 11.9 Å². The van der Waals surface area contributed by atoms with Crippen LogP contribution >= 0.6 is 0 Å². The first-order valence-corrected chi connectivity index (χ1v) is 10.9. The molecule has 31 heavy (non-hydrogen) atoms. The number of carbonyl (C=O) groups is 1. The van der Waals surface area contributed by atoms with Gasteiger partial charge >= 0.3 is 0 Å². The van der Waals surface area contributed by atoms with E-state index in [9.17, 15) is 4.79 Å². The lowest BCUT2D eigenvalue weighted by molar-refractivity contribution is -0.123. The van der Waals surface area contributed by atoms with Gasteiger partial charge < -0.3 is 20.1 Å². The number of hydrogen-bond donors (Lipinski definition) is 2. The molecule has 168 valence electrons. The molecule has 0 atom stereocenters. The van der Waals surface area contributed by atoms with Crippen LogP contribution in [0.5, 0.6) is 0 Å². The highest BCUT2D eigenvalue weighted by Crippen LogP contribution is 2.06. The van der Waals surface area contributed by atoms with E-state index in [0.717, 1.165) is 43.8 Å². The van der Waals surface area contributed by atoms with Gasteiger partial charge in [0.15, 0.2) is 11.8 Å². The Morgan fingerprint density at radius 3 is 2.45 bits per heavy atom. The van der Waals surface area contributed by atoms with Gasteiger partial charge in [0, 0.05) is 39.3 Å². The van der Waals surface area contributed by atoms with Crippen LogP contribution in [0.3, 0.4) is 0 Å². The molecule has 1 fully saturated rings. The van der Waals surface area contributed by atoms with Crippen LogP contribution in [0.15, 0.2) is 35.3 Å². The molecule has 9 nitrogen and oxygen atoms in total. The van der Waals surface area contributed by atoms with Crippen molar-refractivity contribution >= 4 is 11.9 Å². The Hall–Kier alpha value is -2.94. The summed E-state index contributed by atoms with van der Waals surface area (Å²) in [5.41, 5.74) is 1.17. The average Bonchev–Trinajstić information content (AvgIpc) is 3.07. The fraction of sp³-hybridized carbons (Fsp3) is 0.545. The molecule has 2 heterocycles. The number of guanidine groups is 1. The summed E-state index contributed by atoms with van der Waals surface area (Å²) in [5, 5.41) is 14.8. The van der Waals surface area contributed by atoms with Crippen molar-refractivity contribution in [2.24, 2.45) is 12.0 Å². The highest BCUT2D eigenvalue weighted by atomic mass is 16.2. The second-order valence-corrected chi connectivity index (χ2v) is 8.19. The Kier molecular flexibility index (Phi) is 8.00. The molecule has 2 aromatic rings. The van der Waals surface area contributed by atoms with Crippen molar-refractivity contribution in [3.63, 3.8) is 0 Å². The number of hydrogen-bond acceptors (Lipinski definition) is 5. The van der Waals surface area contributed by atoms with Crippen molar-refractivity contribution in [3.8, 4) is 0 Å². The summed E-state index contributed by atoms with van der Waals surface area (Å²) >= 11 is 0. The topological polar surface area (TPSA) is 90.7 Å².